The molecule has 0 fully saturated rings. The summed E-state index contributed by atoms with van der Waals surface area (Å²) in [5.74, 6) is -0.490. The molecule has 1 heterocycles. The molecule has 1 amide bonds. The molecule has 2 aromatic carbocycles. The predicted molar refractivity (Wildman–Crippen MR) is 118 cm³/mol. The predicted octanol–water partition coefficient (Wildman–Crippen LogP) is 3.42. The van der Waals surface area contributed by atoms with Gasteiger partial charge in [0, 0.05) is 23.1 Å². The first-order valence-electron chi connectivity index (χ1n) is 9.83. The van der Waals surface area contributed by atoms with E-state index in [0.717, 1.165) is 12.0 Å². The molecule has 3 N–H and O–H groups in total. The van der Waals surface area contributed by atoms with Crippen molar-refractivity contribution in [1.82, 2.24) is 10.3 Å². The van der Waals surface area contributed by atoms with E-state index >= 15 is 0 Å². The summed E-state index contributed by atoms with van der Waals surface area (Å²) in [4.78, 5) is 28.1. The smallest absolute Gasteiger partial charge is 0.261 e. The van der Waals surface area contributed by atoms with Gasteiger partial charge in [-0.05, 0) is 49.6 Å². The molecule has 8 heteroatoms. The molecule has 1 unspecified atom stereocenters. The normalized spacial score (nSPS) is 12.5. The van der Waals surface area contributed by atoms with Crippen LogP contribution in [0.1, 0.15) is 43.1 Å². The standard InChI is InChI=1S/C22H25N3O4S/c1-4-14(3)24-22(27)18-13-23-20-11-10-16(12-17(20)21(18)26)30(28,29)25-19-9-7-6-8-15(19)5-2/h6-14,25H,4-5H2,1-3H3,(H,23,26)(H,24,27). The Balaban J connectivity index is 2.02. The number of rotatable bonds is 7. The molecule has 0 bridgehead atoms. The van der Waals surface area contributed by atoms with Gasteiger partial charge in [0.25, 0.3) is 15.9 Å². The number of anilines is 1. The SMILES string of the molecule is CCc1ccccc1NS(=O)(=O)c1ccc2[nH]cc(C(=O)NC(C)CC)c(=O)c2c1. The number of carbonyl (C=O) groups is 1. The van der Waals surface area contributed by atoms with Crippen molar-refractivity contribution in [2.75, 3.05) is 4.72 Å². The minimum absolute atomic E-state index is 0.0501. The molecule has 0 aliphatic heterocycles. The maximum atomic E-state index is 12.9. The quantitative estimate of drug-likeness (QED) is 0.537. The minimum atomic E-state index is -3.91. The van der Waals surface area contributed by atoms with E-state index in [2.05, 4.69) is 15.0 Å². The van der Waals surface area contributed by atoms with Crippen molar-refractivity contribution in [3.63, 3.8) is 0 Å². The Labute approximate surface area is 175 Å². The number of sulfonamides is 1. The lowest BCUT2D eigenvalue weighted by molar-refractivity contribution is 0.0938. The molecule has 1 atom stereocenters. The fourth-order valence-electron chi connectivity index (χ4n) is 3.07. The maximum Gasteiger partial charge on any atom is 0.261 e. The first kappa shape index (κ1) is 21.6. The second kappa shape index (κ2) is 8.71. The van der Waals surface area contributed by atoms with Crippen LogP contribution in [0.2, 0.25) is 0 Å². The van der Waals surface area contributed by atoms with Crippen LogP contribution in [0, 0.1) is 0 Å². The van der Waals surface area contributed by atoms with Crippen molar-refractivity contribution in [3.05, 3.63) is 70.0 Å². The van der Waals surface area contributed by atoms with Crippen molar-refractivity contribution in [2.45, 2.75) is 44.6 Å². The van der Waals surface area contributed by atoms with E-state index < -0.39 is 21.4 Å². The number of aryl methyl sites for hydroxylation is 1. The number of hydrogen-bond donors (Lipinski definition) is 3. The summed E-state index contributed by atoms with van der Waals surface area (Å²) >= 11 is 0. The Morgan fingerprint density at radius 2 is 1.87 bits per heavy atom. The lowest BCUT2D eigenvalue weighted by atomic mass is 10.1. The average Bonchev–Trinajstić information content (AvgIpc) is 2.73. The molecule has 0 aliphatic carbocycles. The Morgan fingerprint density at radius 1 is 1.13 bits per heavy atom. The number of benzene rings is 2. The van der Waals surface area contributed by atoms with Crippen molar-refractivity contribution >= 4 is 32.5 Å². The highest BCUT2D eigenvalue weighted by Gasteiger charge is 2.19. The highest BCUT2D eigenvalue weighted by atomic mass is 32.2. The second-order valence-electron chi connectivity index (χ2n) is 7.14. The Kier molecular flexibility index (Phi) is 6.26. The molecule has 0 saturated carbocycles. The van der Waals surface area contributed by atoms with E-state index in [9.17, 15) is 18.0 Å². The number of pyridine rings is 1. The molecule has 0 radical (unpaired) electrons. The summed E-state index contributed by atoms with van der Waals surface area (Å²) in [7, 11) is -3.91. The second-order valence-corrected chi connectivity index (χ2v) is 8.82. The minimum Gasteiger partial charge on any atom is -0.360 e. The van der Waals surface area contributed by atoms with Gasteiger partial charge in [0.1, 0.15) is 5.56 Å². The Morgan fingerprint density at radius 3 is 2.57 bits per heavy atom. The molecule has 3 rings (SSSR count). The molecular formula is C22H25N3O4S. The lowest BCUT2D eigenvalue weighted by Gasteiger charge is -2.13. The molecular weight excluding hydrogens is 402 g/mol. The number of nitrogens with one attached hydrogen (secondary N) is 3. The van der Waals surface area contributed by atoms with Crippen LogP contribution in [0.25, 0.3) is 10.9 Å². The van der Waals surface area contributed by atoms with Gasteiger partial charge in [-0.25, -0.2) is 8.42 Å². The fourth-order valence-corrected chi connectivity index (χ4v) is 4.20. The van der Waals surface area contributed by atoms with Crippen molar-refractivity contribution in [2.24, 2.45) is 0 Å². The molecule has 0 aliphatic rings. The van der Waals surface area contributed by atoms with E-state index in [4.69, 9.17) is 0 Å². The lowest BCUT2D eigenvalue weighted by Crippen LogP contribution is -2.35. The monoisotopic (exact) mass is 427 g/mol. The van der Waals surface area contributed by atoms with Crippen molar-refractivity contribution in [3.8, 4) is 0 Å². The summed E-state index contributed by atoms with van der Waals surface area (Å²) in [6.07, 6.45) is 2.75. The van der Waals surface area contributed by atoms with Crippen LogP contribution in [0.5, 0.6) is 0 Å². The van der Waals surface area contributed by atoms with Crippen LogP contribution in [0.3, 0.4) is 0 Å². The number of amides is 1. The van der Waals surface area contributed by atoms with Gasteiger partial charge in [-0.2, -0.15) is 0 Å². The molecule has 0 spiro atoms. The van der Waals surface area contributed by atoms with E-state index in [0.29, 0.717) is 17.6 Å². The van der Waals surface area contributed by atoms with Gasteiger partial charge in [0.2, 0.25) is 5.43 Å². The number of hydrogen-bond acceptors (Lipinski definition) is 4. The van der Waals surface area contributed by atoms with Crippen molar-refractivity contribution in [1.29, 1.82) is 0 Å². The van der Waals surface area contributed by atoms with E-state index in [1.807, 2.05) is 32.9 Å². The summed E-state index contributed by atoms with van der Waals surface area (Å²) in [5, 5.41) is 2.89. The van der Waals surface area contributed by atoms with Gasteiger partial charge >= 0.3 is 0 Å². The first-order valence-corrected chi connectivity index (χ1v) is 11.3. The highest BCUT2D eigenvalue weighted by Crippen LogP contribution is 2.22. The zero-order valence-corrected chi connectivity index (χ0v) is 18.0. The Hall–Kier alpha value is -3.13. The number of H-pyrrole nitrogens is 1. The molecule has 0 saturated heterocycles. The summed E-state index contributed by atoms with van der Waals surface area (Å²) in [6.45, 7) is 5.71. The largest absolute Gasteiger partial charge is 0.360 e. The zero-order valence-electron chi connectivity index (χ0n) is 17.2. The van der Waals surface area contributed by atoms with Crippen molar-refractivity contribution < 1.29 is 13.2 Å². The average molecular weight is 428 g/mol. The number of aromatic nitrogens is 1. The zero-order chi connectivity index (χ0) is 21.9. The van der Waals surface area contributed by atoms with Gasteiger partial charge in [0.15, 0.2) is 0 Å². The molecule has 3 aromatic rings. The van der Waals surface area contributed by atoms with E-state index in [1.54, 1.807) is 12.1 Å². The fraction of sp³-hybridized carbons (Fsp3) is 0.273. The van der Waals surface area contributed by atoms with Gasteiger partial charge in [-0.1, -0.05) is 32.0 Å². The summed E-state index contributed by atoms with van der Waals surface area (Å²) in [5.41, 5.74) is 1.24. The van der Waals surface area contributed by atoms with Gasteiger partial charge in [0.05, 0.1) is 10.6 Å². The van der Waals surface area contributed by atoms with Gasteiger partial charge < -0.3 is 10.3 Å². The van der Waals surface area contributed by atoms with Gasteiger partial charge in [-0.15, -0.1) is 0 Å². The molecule has 158 valence electrons. The molecule has 1 aromatic heterocycles. The topological polar surface area (TPSA) is 108 Å². The summed E-state index contributed by atoms with van der Waals surface area (Å²) in [6, 6.07) is 11.3. The third-order valence-corrected chi connectivity index (χ3v) is 6.40. The van der Waals surface area contributed by atoms with Crippen LogP contribution in [0.4, 0.5) is 5.69 Å². The molecule has 7 nitrogen and oxygen atoms in total. The highest BCUT2D eigenvalue weighted by molar-refractivity contribution is 7.92. The third kappa shape index (κ3) is 4.38. The number of carbonyl (C=O) groups excluding carboxylic acids is 1. The number of fused-ring (bicyclic) bond motifs is 1. The molecule has 30 heavy (non-hydrogen) atoms. The van der Waals surface area contributed by atoms with Crippen LogP contribution >= 0.6 is 0 Å². The summed E-state index contributed by atoms with van der Waals surface area (Å²) < 4.78 is 28.4. The van der Waals surface area contributed by atoms with Crippen LogP contribution in [-0.4, -0.2) is 25.4 Å². The number of para-hydroxylation sites is 1. The van der Waals surface area contributed by atoms with Crippen LogP contribution < -0.4 is 15.5 Å². The van der Waals surface area contributed by atoms with Crippen LogP contribution in [-0.2, 0) is 16.4 Å². The van der Waals surface area contributed by atoms with E-state index in [-0.39, 0.29) is 21.9 Å². The third-order valence-electron chi connectivity index (χ3n) is 5.04. The maximum absolute atomic E-state index is 12.9. The van der Waals surface area contributed by atoms with Crippen LogP contribution in [0.15, 0.2) is 58.4 Å². The Bertz CT molecular complexity index is 1250. The number of aromatic amines is 1. The van der Waals surface area contributed by atoms with E-state index in [1.165, 1.54) is 24.4 Å². The van der Waals surface area contributed by atoms with Gasteiger partial charge in [-0.3, -0.25) is 14.3 Å². The first-order chi connectivity index (χ1) is 14.3.